The Labute approximate surface area is 189 Å². The van der Waals surface area contributed by atoms with Gasteiger partial charge in [0.05, 0.1) is 6.54 Å². The van der Waals surface area contributed by atoms with E-state index in [0.717, 1.165) is 5.56 Å². The summed E-state index contributed by atoms with van der Waals surface area (Å²) in [4.78, 5) is 15.6. The molecular formula is C19H22ClF2IN4O2. The average molecular weight is 539 g/mol. The number of rotatable bonds is 8. The van der Waals surface area contributed by atoms with Crippen LogP contribution < -0.4 is 21.1 Å². The van der Waals surface area contributed by atoms with Gasteiger partial charge in [-0.2, -0.15) is 8.78 Å². The second-order valence-electron chi connectivity index (χ2n) is 5.74. The number of alkyl halides is 2. The molecule has 158 valence electrons. The maximum Gasteiger partial charge on any atom is 0.387 e. The molecule has 0 saturated carbocycles. The molecule has 0 aromatic heterocycles. The van der Waals surface area contributed by atoms with Crippen molar-refractivity contribution in [2.24, 2.45) is 10.7 Å². The van der Waals surface area contributed by atoms with Crippen molar-refractivity contribution in [1.29, 1.82) is 0 Å². The Morgan fingerprint density at radius 3 is 2.48 bits per heavy atom. The van der Waals surface area contributed by atoms with Crippen molar-refractivity contribution in [3.63, 3.8) is 0 Å². The highest BCUT2D eigenvalue weighted by molar-refractivity contribution is 14.0. The lowest BCUT2D eigenvalue weighted by molar-refractivity contribution is -0.0504. The topological polar surface area (TPSA) is 88.7 Å². The zero-order valence-electron chi connectivity index (χ0n) is 15.6. The number of primary amides is 1. The Morgan fingerprint density at radius 2 is 1.90 bits per heavy atom. The first kappa shape index (κ1) is 24.9. The van der Waals surface area contributed by atoms with Crippen LogP contribution in [0.15, 0.2) is 47.5 Å². The van der Waals surface area contributed by atoms with Crippen LogP contribution >= 0.6 is 35.6 Å². The molecule has 2 aromatic rings. The molecular weight excluding hydrogens is 517 g/mol. The van der Waals surface area contributed by atoms with Crippen molar-refractivity contribution in [2.45, 2.75) is 26.6 Å². The number of ether oxygens (including phenoxy) is 1. The van der Waals surface area contributed by atoms with Crippen molar-refractivity contribution in [3.8, 4) is 5.75 Å². The fourth-order valence-electron chi connectivity index (χ4n) is 2.36. The zero-order chi connectivity index (χ0) is 20.5. The Balaban J connectivity index is 0.00000420. The van der Waals surface area contributed by atoms with Gasteiger partial charge in [0.1, 0.15) is 5.75 Å². The van der Waals surface area contributed by atoms with E-state index in [1.54, 1.807) is 30.3 Å². The maximum atomic E-state index is 12.6. The molecule has 0 saturated heterocycles. The molecule has 2 aromatic carbocycles. The van der Waals surface area contributed by atoms with E-state index >= 15 is 0 Å². The van der Waals surface area contributed by atoms with Crippen molar-refractivity contribution in [3.05, 3.63) is 64.2 Å². The summed E-state index contributed by atoms with van der Waals surface area (Å²) in [6.07, 6.45) is 0. The molecule has 0 aliphatic heterocycles. The van der Waals surface area contributed by atoms with Crippen LogP contribution in [0.3, 0.4) is 0 Å². The van der Waals surface area contributed by atoms with Gasteiger partial charge in [0, 0.05) is 29.2 Å². The van der Waals surface area contributed by atoms with Gasteiger partial charge in [-0.05, 0) is 42.8 Å². The van der Waals surface area contributed by atoms with Gasteiger partial charge in [0.2, 0.25) is 5.91 Å². The number of amides is 1. The first-order valence-corrected chi connectivity index (χ1v) is 8.91. The van der Waals surface area contributed by atoms with E-state index in [-0.39, 0.29) is 36.3 Å². The minimum absolute atomic E-state index is 0. The largest absolute Gasteiger partial charge is 0.434 e. The van der Waals surface area contributed by atoms with Gasteiger partial charge in [0.15, 0.2) is 5.96 Å². The van der Waals surface area contributed by atoms with Gasteiger partial charge in [-0.3, -0.25) is 4.79 Å². The molecule has 10 heteroatoms. The summed E-state index contributed by atoms with van der Waals surface area (Å²) in [6.45, 7) is 0.135. The summed E-state index contributed by atoms with van der Waals surface area (Å²) in [7, 11) is 0. The number of nitrogens with zero attached hydrogens (tertiary/aromatic N) is 1. The molecule has 0 radical (unpaired) electrons. The summed E-state index contributed by atoms with van der Waals surface area (Å²) >= 11 is 5.96. The monoisotopic (exact) mass is 538 g/mol. The third kappa shape index (κ3) is 8.40. The molecule has 6 nitrogen and oxygen atoms in total. The van der Waals surface area contributed by atoms with E-state index in [0.29, 0.717) is 35.2 Å². The Morgan fingerprint density at radius 1 is 1.21 bits per heavy atom. The lowest BCUT2D eigenvalue weighted by Gasteiger charge is -2.14. The number of carbonyl (C=O) groups excluding carboxylic acids is 1. The average Bonchev–Trinajstić information content (AvgIpc) is 2.66. The molecule has 0 bridgehead atoms. The van der Waals surface area contributed by atoms with Gasteiger partial charge in [-0.15, -0.1) is 24.0 Å². The first-order chi connectivity index (χ1) is 13.4. The molecule has 0 aliphatic rings. The first-order valence-electron chi connectivity index (χ1n) is 8.53. The van der Waals surface area contributed by atoms with Crippen LogP contribution in [0.1, 0.15) is 28.4 Å². The van der Waals surface area contributed by atoms with Crippen LogP contribution in [0.5, 0.6) is 5.75 Å². The zero-order valence-corrected chi connectivity index (χ0v) is 18.7. The number of guanidine groups is 1. The molecule has 1 amide bonds. The van der Waals surface area contributed by atoms with Crippen molar-refractivity contribution >= 4 is 47.4 Å². The number of nitrogens with two attached hydrogens (primary N) is 1. The smallest absolute Gasteiger partial charge is 0.387 e. The predicted octanol–water partition coefficient (Wildman–Crippen LogP) is 3.91. The van der Waals surface area contributed by atoms with E-state index in [2.05, 4.69) is 20.4 Å². The van der Waals surface area contributed by atoms with Gasteiger partial charge >= 0.3 is 6.61 Å². The summed E-state index contributed by atoms with van der Waals surface area (Å²) < 4.78 is 29.7. The molecule has 2 rings (SSSR count). The predicted molar refractivity (Wildman–Crippen MR) is 120 cm³/mol. The van der Waals surface area contributed by atoms with E-state index < -0.39 is 12.5 Å². The number of halogens is 4. The summed E-state index contributed by atoms with van der Waals surface area (Å²) in [5.74, 6) is 0.0441. The van der Waals surface area contributed by atoms with Crippen LogP contribution in [-0.4, -0.2) is 25.0 Å². The van der Waals surface area contributed by atoms with Gasteiger partial charge in [-0.25, -0.2) is 4.99 Å². The standard InChI is InChI=1S/C19H21ClF2N4O2.HI/c1-2-24-19(25-10-12-3-5-13(6-4-12)17(23)27)26-11-14-9-15(20)7-8-16(14)28-18(21)22;/h3-9,18H,2,10-11H2,1H3,(H2,23,27)(H2,24,25,26);1H. The number of nitrogens with one attached hydrogen (secondary N) is 2. The van der Waals surface area contributed by atoms with Crippen molar-refractivity contribution in [1.82, 2.24) is 10.6 Å². The number of aliphatic imine (C=N–C) groups is 1. The molecule has 4 N–H and O–H groups in total. The van der Waals surface area contributed by atoms with Gasteiger partial charge in [-0.1, -0.05) is 23.7 Å². The van der Waals surface area contributed by atoms with Crippen LogP contribution in [0.2, 0.25) is 5.02 Å². The highest BCUT2D eigenvalue weighted by Gasteiger charge is 2.11. The molecule has 0 unspecified atom stereocenters. The molecule has 0 atom stereocenters. The van der Waals surface area contributed by atoms with Crippen molar-refractivity contribution in [2.75, 3.05) is 6.54 Å². The normalized spacial score (nSPS) is 11.0. The maximum absolute atomic E-state index is 12.6. The summed E-state index contributed by atoms with van der Waals surface area (Å²) in [5.41, 5.74) is 7.00. The molecule has 29 heavy (non-hydrogen) atoms. The lowest BCUT2D eigenvalue weighted by Crippen LogP contribution is -2.36. The molecule has 0 fully saturated rings. The number of carbonyl (C=O) groups is 1. The van der Waals surface area contributed by atoms with E-state index in [9.17, 15) is 13.6 Å². The van der Waals surface area contributed by atoms with Crippen LogP contribution in [0.4, 0.5) is 8.78 Å². The third-order valence-electron chi connectivity index (χ3n) is 3.69. The van der Waals surface area contributed by atoms with Crippen LogP contribution in [0.25, 0.3) is 0 Å². The Kier molecular flexibility index (Phi) is 10.7. The highest BCUT2D eigenvalue weighted by atomic mass is 127. The molecule has 0 heterocycles. The van der Waals surface area contributed by atoms with E-state index in [1.807, 2.05) is 6.92 Å². The molecule has 0 spiro atoms. The van der Waals surface area contributed by atoms with Crippen molar-refractivity contribution < 1.29 is 18.3 Å². The fourth-order valence-corrected chi connectivity index (χ4v) is 2.56. The number of benzene rings is 2. The minimum atomic E-state index is -2.93. The minimum Gasteiger partial charge on any atom is -0.434 e. The summed E-state index contributed by atoms with van der Waals surface area (Å²) in [5, 5.41) is 6.54. The highest BCUT2D eigenvalue weighted by Crippen LogP contribution is 2.24. The van der Waals surface area contributed by atoms with Crippen LogP contribution in [-0.2, 0) is 13.1 Å². The number of hydrogen-bond donors (Lipinski definition) is 3. The SMILES string of the molecule is CCNC(=NCc1ccc(C(N)=O)cc1)NCc1cc(Cl)ccc1OC(F)F.I. The second kappa shape index (κ2) is 12.4. The molecule has 0 aliphatic carbocycles. The quantitative estimate of drug-likeness (QED) is 0.270. The number of hydrogen-bond acceptors (Lipinski definition) is 3. The Hall–Kier alpha value is -2.14. The van der Waals surface area contributed by atoms with E-state index in [4.69, 9.17) is 17.3 Å². The third-order valence-corrected chi connectivity index (χ3v) is 3.92. The van der Waals surface area contributed by atoms with Gasteiger partial charge < -0.3 is 21.1 Å². The fraction of sp³-hybridized carbons (Fsp3) is 0.263. The summed E-state index contributed by atoms with van der Waals surface area (Å²) in [6, 6.07) is 11.2. The Bertz CT molecular complexity index is 835. The van der Waals surface area contributed by atoms with E-state index in [1.165, 1.54) is 12.1 Å². The van der Waals surface area contributed by atoms with Gasteiger partial charge in [0.25, 0.3) is 0 Å². The lowest BCUT2D eigenvalue weighted by atomic mass is 10.1. The van der Waals surface area contributed by atoms with Crippen LogP contribution in [0, 0.1) is 0 Å². The second-order valence-corrected chi connectivity index (χ2v) is 6.18.